The number of nitrogens with one attached hydrogen (secondary N) is 1. The van der Waals surface area contributed by atoms with Crippen LogP contribution in [0.3, 0.4) is 0 Å². The van der Waals surface area contributed by atoms with Gasteiger partial charge in [-0.05, 0) is 43.2 Å². The second kappa shape index (κ2) is 7.55. The van der Waals surface area contributed by atoms with Crippen LogP contribution in [0.2, 0.25) is 0 Å². The fraction of sp³-hybridized carbons (Fsp3) is 0.158. The standard InChI is InChI=1S/C19H15BrFNO3S/c1-10-15(11-2-6-13(20)7-3-11)16(19(24)25)18(26-10)22-17(23)12-4-8-14(21)9-5-12/h2-4,6-9,12H,5H2,1H3,(H,22,23)(H,24,25). The zero-order valence-electron chi connectivity index (χ0n) is 13.8. The van der Waals surface area contributed by atoms with Crippen LogP contribution in [0.25, 0.3) is 11.1 Å². The Hall–Kier alpha value is -2.25. The second-order valence-corrected chi connectivity index (χ2v) is 7.97. The predicted octanol–water partition coefficient (Wildman–Crippen LogP) is 5.55. The summed E-state index contributed by atoms with van der Waals surface area (Å²) < 4.78 is 13.9. The summed E-state index contributed by atoms with van der Waals surface area (Å²) in [5.41, 5.74) is 1.43. The van der Waals surface area contributed by atoms with Crippen LogP contribution in [0.1, 0.15) is 21.7 Å². The van der Waals surface area contributed by atoms with Gasteiger partial charge in [-0.1, -0.05) is 34.1 Å². The van der Waals surface area contributed by atoms with E-state index in [9.17, 15) is 19.1 Å². The van der Waals surface area contributed by atoms with Gasteiger partial charge in [0.1, 0.15) is 16.4 Å². The molecular formula is C19H15BrFNO3S. The minimum Gasteiger partial charge on any atom is -0.478 e. The number of thiophene rings is 1. The van der Waals surface area contributed by atoms with Gasteiger partial charge in [-0.25, -0.2) is 9.18 Å². The highest BCUT2D eigenvalue weighted by Gasteiger charge is 2.26. The number of carbonyl (C=O) groups is 2. The van der Waals surface area contributed by atoms with Crippen molar-refractivity contribution in [1.82, 2.24) is 0 Å². The Labute approximate surface area is 162 Å². The summed E-state index contributed by atoms with van der Waals surface area (Å²) in [6.45, 7) is 1.82. The SMILES string of the molecule is Cc1sc(NC(=O)C2C=CC(F)=CC2)c(C(=O)O)c1-c1ccc(Br)cc1. The van der Waals surface area contributed by atoms with Crippen molar-refractivity contribution in [3.63, 3.8) is 0 Å². The molecule has 7 heteroatoms. The van der Waals surface area contributed by atoms with Gasteiger partial charge in [0.2, 0.25) is 5.91 Å². The molecule has 1 heterocycles. The molecule has 1 aliphatic rings. The van der Waals surface area contributed by atoms with Crippen LogP contribution in [0.15, 0.2) is 52.8 Å². The first-order valence-electron chi connectivity index (χ1n) is 7.84. The quantitative estimate of drug-likeness (QED) is 0.660. The van der Waals surface area contributed by atoms with E-state index in [4.69, 9.17) is 0 Å². The Morgan fingerprint density at radius 3 is 2.58 bits per heavy atom. The smallest absolute Gasteiger partial charge is 0.339 e. The number of aromatic carboxylic acids is 1. The molecule has 1 unspecified atom stereocenters. The molecule has 0 saturated carbocycles. The van der Waals surface area contributed by atoms with Gasteiger partial charge in [0, 0.05) is 14.9 Å². The fourth-order valence-electron chi connectivity index (χ4n) is 2.79. The third kappa shape index (κ3) is 3.78. The highest BCUT2D eigenvalue weighted by Crippen LogP contribution is 2.40. The van der Waals surface area contributed by atoms with Gasteiger partial charge in [-0.2, -0.15) is 0 Å². The molecular weight excluding hydrogens is 421 g/mol. The minimum atomic E-state index is -1.10. The third-order valence-electron chi connectivity index (χ3n) is 4.06. The molecule has 26 heavy (non-hydrogen) atoms. The first-order chi connectivity index (χ1) is 12.4. The van der Waals surface area contributed by atoms with Crippen molar-refractivity contribution in [2.75, 3.05) is 5.32 Å². The Morgan fingerprint density at radius 2 is 2.00 bits per heavy atom. The summed E-state index contributed by atoms with van der Waals surface area (Å²) >= 11 is 4.58. The number of hydrogen-bond donors (Lipinski definition) is 2. The second-order valence-electron chi connectivity index (χ2n) is 5.83. The lowest BCUT2D eigenvalue weighted by Gasteiger charge is -2.13. The number of anilines is 1. The van der Waals surface area contributed by atoms with Crippen LogP contribution < -0.4 is 5.32 Å². The maximum Gasteiger partial charge on any atom is 0.339 e. The largest absolute Gasteiger partial charge is 0.478 e. The summed E-state index contributed by atoms with van der Waals surface area (Å²) in [5.74, 6) is -2.34. The average Bonchev–Trinajstić information content (AvgIpc) is 2.92. The van der Waals surface area contributed by atoms with Gasteiger partial charge in [0.15, 0.2) is 0 Å². The number of halogens is 2. The van der Waals surface area contributed by atoms with Gasteiger partial charge >= 0.3 is 5.97 Å². The van der Waals surface area contributed by atoms with Crippen LogP contribution in [-0.2, 0) is 4.79 Å². The molecule has 0 spiro atoms. The lowest BCUT2D eigenvalue weighted by molar-refractivity contribution is -0.118. The Kier molecular flexibility index (Phi) is 5.38. The molecule has 2 N–H and O–H groups in total. The number of aryl methyl sites for hydroxylation is 1. The number of amides is 1. The molecule has 1 aromatic carbocycles. The maximum atomic E-state index is 13.1. The zero-order chi connectivity index (χ0) is 18.8. The number of benzene rings is 1. The van der Waals surface area contributed by atoms with Gasteiger partial charge in [0.05, 0.1) is 5.92 Å². The Balaban J connectivity index is 1.94. The highest BCUT2D eigenvalue weighted by atomic mass is 79.9. The van der Waals surface area contributed by atoms with E-state index < -0.39 is 11.9 Å². The lowest BCUT2D eigenvalue weighted by Crippen LogP contribution is -2.22. The Bertz CT molecular complexity index is 931. The van der Waals surface area contributed by atoms with Crippen LogP contribution >= 0.6 is 27.3 Å². The number of hydrogen-bond acceptors (Lipinski definition) is 3. The molecule has 3 rings (SSSR count). The monoisotopic (exact) mass is 435 g/mol. The lowest BCUT2D eigenvalue weighted by atomic mass is 9.99. The molecule has 0 saturated heterocycles. The normalized spacial score (nSPS) is 16.3. The summed E-state index contributed by atoms with van der Waals surface area (Å²) in [5, 5.41) is 12.7. The van der Waals surface area contributed by atoms with E-state index in [0.29, 0.717) is 10.6 Å². The molecule has 1 aromatic heterocycles. The van der Waals surface area contributed by atoms with Crippen molar-refractivity contribution >= 4 is 44.1 Å². The molecule has 1 aliphatic carbocycles. The average molecular weight is 436 g/mol. The fourth-order valence-corrected chi connectivity index (χ4v) is 4.13. The summed E-state index contributed by atoms with van der Waals surface area (Å²) in [6, 6.07) is 7.33. The van der Waals surface area contributed by atoms with Crippen molar-refractivity contribution in [2.24, 2.45) is 5.92 Å². The highest BCUT2D eigenvalue weighted by molar-refractivity contribution is 9.10. The molecule has 1 amide bonds. The topological polar surface area (TPSA) is 66.4 Å². The van der Waals surface area contributed by atoms with Crippen molar-refractivity contribution in [2.45, 2.75) is 13.3 Å². The third-order valence-corrected chi connectivity index (χ3v) is 5.61. The molecule has 0 bridgehead atoms. The molecule has 1 atom stereocenters. The first kappa shape index (κ1) is 18.5. The van der Waals surface area contributed by atoms with Crippen molar-refractivity contribution in [3.8, 4) is 11.1 Å². The molecule has 0 radical (unpaired) electrons. The van der Waals surface area contributed by atoms with Gasteiger partial charge in [0.25, 0.3) is 0 Å². The van der Waals surface area contributed by atoms with Gasteiger partial charge < -0.3 is 10.4 Å². The van der Waals surface area contributed by atoms with Crippen LogP contribution in [0.5, 0.6) is 0 Å². The van der Waals surface area contributed by atoms with Crippen molar-refractivity contribution < 1.29 is 19.1 Å². The van der Waals surface area contributed by atoms with E-state index in [1.54, 1.807) is 0 Å². The van der Waals surface area contributed by atoms with Crippen LogP contribution in [0, 0.1) is 12.8 Å². The Morgan fingerprint density at radius 1 is 1.31 bits per heavy atom. The summed E-state index contributed by atoms with van der Waals surface area (Å²) in [4.78, 5) is 25.1. The van der Waals surface area contributed by atoms with Crippen LogP contribution in [-0.4, -0.2) is 17.0 Å². The number of allylic oxidation sites excluding steroid dienone is 3. The van der Waals surface area contributed by atoms with Crippen molar-refractivity contribution in [3.05, 3.63) is 63.2 Å². The molecule has 0 fully saturated rings. The number of carboxylic acids is 1. The van der Waals surface area contributed by atoms with Gasteiger partial charge in [-0.15, -0.1) is 11.3 Å². The number of carbonyl (C=O) groups excluding carboxylic acids is 1. The zero-order valence-corrected chi connectivity index (χ0v) is 16.2. The predicted molar refractivity (Wildman–Crippen MR) is 104 cm³/mol. The minimum absolute atomic E-state index is 0.0738. The summed E-state index contributed by atoms with van der Waals surface area (Å²) in [6.07, 6.45) is 4.33. The molecule has 0 aliphatic heterocycles. The van der Waals surface area contributed by atoms with E-state index in [-0.39, 0.29) is 23.7 Å². The summed E-state index contributed by atoms with van der Waals surface area (Å²) in [7, 11) is 0. The first-order valence-corrected chi connectivity index (χ1v) is 9.45. The van der Waals surface area contributed by atoms with Gasteiger partial charge in [-0.3, -0.25) is 4.79 Å². The number of carboxylic acid groups (broad SMARTS) is 1. The van der Waals surface area contributed by atoms with E-state index in [2.05, 4.69) is 21.2 Å². The van der Waals surface area contributed by atoms with E-state index in [0.717, 1.165) is 14.9 Å². The molecule has 2 aromatic rings. The maximum absolute atomic E-state index is 13.1. The van der Waals surface area contributed by atoms with Crippen LogP contribution in [0.4, 0.5) is 9.39 Å². The van der Waals surface area contributed by atoms with E-state index >= 15 is 0 Å². The number of rotatable bonds is 4. The molecule has 4 nitrogen and oxygen atoms in total. The van der Waals surface area contributed by atoms with E-state index in [1.807, 2.05) is 31.2 Å². The molecule has 134 valence electrons. The van der Waals surface area contributed by atoms with E-state index in [1.165, 1.54) is 29.6 Å². The van der Waals surface area contributed by atoms with Crippen molar-refractivity contribution in [1.29, 1.82) is 0 Å².